The van der Waals surface area contributed by atoms with Gasteiger partial charge in [-0.2, -0.15) is 0 Å². The van der Waals surface area contributed by atoms with E-state index in [9.17, 15) is 18.8 Å². The third kappa shape index (κ3) is 3.88. The zero-order chi connectivity index (χ0) is 20.3. The van der Waals surface area contributed by atoms with Gasteiger partial charge in [0, 0.05) is 5.56 Å². The maximum atomic E-state index is 13.8. The minimum absolute atomic E-state index is 0.0139. The number of benzene rings is 2. The molecule has 1 saturated heterocycles. The van der Waals surface area contributed by atoms with E-state index >= 15 is 0 Å². The van der Waals surface area contributed by atoms with Crippen LogP contribution in [0.3, 0.4) is 0 Å². The number of rotatable bonds is 7. The average Bonchev–Trinajstić information content (AvgIpc) is 2.90. The maximum Gasteiger partial charge on any atom is 0.325 e. The smallest absolute Gasteiger partial charge is 0.325 e. The lowest BCUT2D eigenvalue weighted by Gasteiger charge is -2.21. The normalized spacial score (nSPS) is 18.9. The Hall–Kier alpha value is -3.22. The van der Waals surface area contributed by atoms with Crippen LogP contribution in [0.15, 0.2) is 48.5 Å². The highest BCUT2D eigenvalue weighted by Gasteiger charge is 2.47. The van der Waals surface area contributed by atoms with E-state index in [1.54, 1.807) is 6.92 Å². The second kappa shape index (κ2) is 7.80. The summed E-state index contributed by atoms with van der Waals surface area (Å²) in [4.78, 5) is 38.4. The fraction of sp³-hybridized carbons (Fsp3) is 0.286. The van der Waals surface area contributed by atoms with Gasteiger partial charge >= 0.3 is 6.03 Å². The highest BCUT2D eigenvalue weighted by Crippen LogP contribution is 2.24. The van der Waals surface area contributed by atoms with Crippen molar-refractivity contribution in [1.82, 2.24) is 10.2 Å². The Morgan fingerprint density at radius 1 is 1.18 bits per heavy atom. The van der Waals surface area contributed by atoms with Gasteiger partial charge < -0.3 is 10.1 Å². The number of carbonyl (C=O) groups is 3. The van der Waals surface area contributed by atoms with Gasteiger partial charge in [-0.3, -0.25) is 14.5 Å². The first-order valence-corrected chi connectivity index (χ1v) is 8.89. The molecular formula is C21H21FN2O4. The zero-order valence-corrected chi connectivity index (χ0v) is 15.7. The molecule has 3 rings (SSSR count). The molecule has 0 saturated carbocycles. The van der Waals surface area contributed by atoms with Crippen molar-refractivity contribution in [3.8, 4) is 5.75 Å². The van der Waals surface area contributed by atoms with Crippen molar-refractivity contribution >= 4 is 17.7 Å². The molecule has 1 N–H and O–H groups in total. The fourth-order valence-corrected chi connectivity index (χ4v) is 3.17. The van der Waals surface area contributed by atoms with Gasteiger partial charge in [0.2, 0.25) is 0 Å². The van der Waals surface area contributed by atoms with E-state index < -0.39 is 35.6 Å². The lowest BCUT2D eigenvalue weighted by Crippen LogP contribution is -2.44. The number of hydrogen-bond donors (Lipinski definition) is 1. The quantitative estimate of drug-likeness (QED) is 0.588. The number of nitrogens with one attached hydrogen (secondary N) is 1. The molecule has 2 aromatic carbocycles. The molecular weight excluding hydrogens is 363 g/mol. The van der Waals surface area contributed by atoms with Crippen LogP contribution in [0, 0.1) is 5.82 Å². The van der Waals surface area contributed by atoms with Gasteiger partial charge in [-0.05, 0) is 43.5 Å². The number of Topliss-reactive ketones (excluding diaryl/α,β-unsaturated/α-hetero) is 1. The van der Waals surface area contributed by atoms with E-state index in [-0.39, 0.29) is 11.3 Å². The fourth-order valence-electron chi connectivity index (χ4n) is 3.17. The molecule has 0 spiro atoms. The Morgan fingerprint density at radius 2 is 1.89 bits per heavy atom. The third-order valence-electron chi connectivity index (χ3n) is 4.88. The molecule has 28 heavy (non-hydrogen) atoms. The molecule has 0 radical (unpaired) electrons. The second-order valence-corrected chi connectivity index (χ2v) is 6.91. The van der Waals surface area contributed by atoms with Gasteiger partial charge in [-0.15, -0.1) is 0 Å². The lowest BCUT2D eigenvalue weighted by molar-refractivity contribution is -0.130. The molecule has 0 aromatic heterocycles. The van der Waals surface area contributed by atoms with Crippen LogP contribution >= 0.6 is 0 Å². The number of amides is 3. The standard InChI is InChI=1S/C21H21FN2O4/c1-21(11-10-14-6-4-3-5-7-14)19(26)24(20(27)23-21)13-17(25)15-8-9-18(28-2)16(22)12-15/h3-9,12H,10-11,13H2,1-2H3,(H,23,27)/t21-/m1/s1. The average molecular weight is 384 g/mol. The van der Waals surface area contributed by atoms with Crippen LogP contribution in [0.1, 0.15) is 29.3 Å². The minimum atomic E-state index is -1.08. The summed E-state index contributed by atoms with van der Waals surface area (Å²) in [7, 11) is 1.32. The number of imide groups is 1. The SMILES string of the molecule is COc1ccc(C(=O)CN2C(=O)N[C@](C)(CCc3ccccc3)C2=O)cc1F. The van der Waals surface area contributed by atoms with Crippen LogP contribution in [0.4, 0.5) is 9.18 Å². The molecule has 3 amide bonds. The van der Waals surface area contributed by atoms with E-state index in [4.69, 9.17) is 4.74 Å². The largest absolute Gasteiger partial charge is 0.494 e. The van der Waals surface area contributed by atoms with Crippen molar-refractivity contribution in [3.63, 3.8) is 0 Å². The van der Waals surface area contributed by atoms with Gasteiger partial charge in [0.15, 0.2) is 17.3 Å². The third-order valence-corrected chi connectivity index (χ3v) is 4.88. The number of carbonyl (C=O) groups excluding carboxylic acids is 3. The Bertz CT molecular complexity index is 916. The predicted molar refractivity (Wildman–Crippen MR) is 101 cm³/mol. The van der Waals surface area contributed by atoms with Crippen molar-refractivity contribution in [2.45, 2.75) is 25.3 Å². The van der Waals surface area contributed by atoms with E-state index in [0.29, 0.717) is 12.8 Å². The van der Waals surface area contributed by atoms with E-state index in [0.717, 1.165) is 16.5 Å². The van der Waals surface area contributed by atoms with Gasteiger partial charge in [0.1, 0.15) is 5.54 Å². The molecule has 1 aliphatic rings. The topological polar surface area (TPSA) is 75.7 Å². The summed E-state index contributed by atoms with van der Waals surface area (Å²) < 4.78 is 18.6. The summed E-state index contributed by atoms with van der Waals surface area (Å²) in [6.45, 7) is 1.20. The minimum Gasteiger partial charge on any atom is -0.494 e. The van der Waals surface area contributed by atoms with Gasteiger partial charge in [0.25, 0.3) is 5.91 Å². The van der Waals surface area contributed by atoms with Gasteiger partial charge in [0.05, 0.1) is 13.7 Å². The lowest BCUT2D eigenvalue weighted by atomic mass is 9.93. The molecule has 0 bridgehead atoms. The van der Waals surface area contributed by atoms with Crippen LogP contribution in [0.2, 0.25) is 0 Å². The summed E-state index contributed by atoms with van der Waals surface area (Å²) in [6.07, 6.45) is 1.01. The summed E-state index contributed by atoms with van der Waals surface area (Å²) >= 11 is 0. The molecule has 1 aliphatic heterocycles. The van der Waals surface area contributed by atoms with Crippen LogP contribution in [-0.4, -0.2) is 41.8 Å². The second-order valence-electron chi connectivity index (χ2n) is 6.91. The van der Waals surface area contributed by atoms with Crippen molar-refractivity contribution in [1.29, 1.82) is 0 Å². The molecule has 1 atom stereocenters. The number of methoxy groups -OCH3 is 1. The highest BCUT2D eigenvalue weighted by molar-refractivity contribution is 6.11. The number of ether oxygens (including phenoxy) is 1. The van der Waals surface area contributed by atoms with E-state index in [1.165, 1.54) is 19.2 Å². The Kier molecular flexibility index (Phi) is 5.44. The van der Waals surface area contributed by atoms with Crippen molar-refractivity contribution in [2.24, 2.45) is 0 Å². The predicted octanol–water partition coefficient (Wildman–Crippen LogP) is 2.96. The number of halogens is 1. The number of nitrogens with zero attached hydrogens (tertiary/aromatic N) is 1. The molecule has 0 unspecified atom stereocenters. The van der Waals surface area contributed by atoms with Gasteiger partial charge in [-0.1, -0.05) is 30.3 Å². The summed E-state index contributed by atoms with van der Waals surface area (Å²) in [5.41, 5.74) is 0.0315. The molecule has 2 aromatic rings. The van der Waals surface area contributed by atoms with Crippen molar-refractivity contribution < 1.29 is 23.5 Å². The summed E-state index contributed by atoms with van der Waals surface area (Å²) in [6, 6.07) is 12.8. The Morgan fingerprint density at radius 3 is 2.54 bits per heavy atom. The summed E-state index contributed by atoms with van der Waals surface area (Å²) in [5, 5.41) is 2.68. The molecule has 1 heterocycles. The van der Waals surface area contributed by atoms with Crippen molar-refractivity contribution in [2.75, 3.05) is 13.7 Å². The molecule has 146 valence electrons. The molecule has 1 fully saturated rings. The Labute approximate surface area is 162 Å². The molecule has 7 heteroatoms. The number of urea groups is 1. The molecule has 6 nitrogen and oxygen atoms in total. The monoisotopic (exact) mass is 384 g/mol. The van der Waals surface area contributed by atoms with E-state index in [1.807, 2.05) is 30.3 Å². The number of hydrogen-bond acceptors (Lipinski definition) is 4. The van der Waals surface area contributed by atoms with Crippen LogP contribution < -0.4 is 10.1 Å². The van der Waals surface area contributed by atoms with Crippen LogP contribution in [-0.2, 0) is 11.2 Å². The molecule has 0 aliphatic carbocycles. The summed E-state index contributed by atoms with van der Waals surface area (Å²) in [5.74, 6) is -1.66. The van der Waals surface area contributed by atoms with Gasteiger partial charge in [-0.25, -0.2) is 9.18 Å². The number of ketones is 1. The first kappa shape index (κ1) is 19.5. The zero-order valence-electron chi connectivity index (χ0n) is 15.7. The first-order valence-electron chi connectivity index (χ1n) is 8.89. The van der Waals surface area contributed by atoms with Crippen molar-refractivity contribution in [3.05, 3.63) is 65.5 Å². The van der Waals surface area contributed by atoms with E-state index in [2.05, 4.69) is 5.32 Å². The maximum absolute atomic E-state index is 13.8. The van der Waals surface area contributed by atoms with Crippen LogP contribution in [0.5, 0.6) is 5.75 Å². The Balaban J connectivity index is 1.69. The number of aryl methyl sites for hydroxylation is 1. The highest BCUT2D eigenvalue weighted by atomic mass is 19.1. The first-order chi connectivity index (χ1) is 13.3. The van der Waals surface area contributed by atoms with Crippen LogP contribution in [0.25, 0.3) is 0 Å².